The average Bonchev–Trinajstić information content (AvgIpc) is 1.35. The molecule has 0 spiro atoms. The third-order valence-corrected chi connectivity index (χ3v) is 19.9. The van der Waals surface area contributed by atoms with Gasteiger partial charge in [0.25, 0.3) is 0 Å². The number of phosphoric acid groups is 2. The lowest BCUT2D eigenvalue weighted by molar-refractivity contribution is -0.161. The number of hydrogen-bond acceptors (Lipinski definition) is 15. The van der Waals surface area contributed by atoms with Crippen LogP contribution in [-0.4, -0.2) is 96.7 Å². The fraction of sp³-hybridized carbons (Fsp3) is 0.947. The molecule has 6 atom stereocenters. The molecule has 95 heavy (non-hydrogen) atoms. The molecule has 0 bridgehead atoms. The number of ether oxygens (including phenoxy) is 4. The van der Waals surface area contributed by atoms with Crippen molar-refractivity contribution in [3.63, 3.8) is 0 Å². The molecule has 19 heteroatoms. The van der Waals surface area contributed by atoms with Crippen LogP contribution in [-0.2, 0) is 65.4 Å². The minimum atomic E-state index is -4.96. The second-order valence-corrected chi connectivity index (χ2v) is 31.5. The summed E-state index contributed by atoms with van der Waals surface area (Å²) in [7, 11) is -9.91. The fourth-order valence-corrected chi connectivity index (χ4v) is 13.1. The molecule has 0 fully saturated rings. The predicted molar refractivity (Wildman–Crippen MR) is 386 cm³/mol. The van der Waals surface area contributed by atoms with Crippen LogP contribution in [0.15, 0.2) is 0 Å². The van der Waals surface area contributed by atoms with Gasteiger partial charge in [0.15, 0.2) is 12.2 Å². The molecule has 0 aromatic carbocycles. The molecule has 0 aromatic heterocycles. The van der Waals surface area contributed by atoms with Gasteiger partial charge >= 0.3 is 39.5 Å². The van der Waals surface area contributed by atoms with Crippen molar-refractivity contribution in [1.29, 1.82) is 0 Å². The molecule has 0 saturated carbocycles. The van der Waals surface area contributed by atoms with E-state index in [1.165, 1.54) is 193 Å². The van der Waals surface area contributed by atoms with E-state index in [4.69, 9.17) is 37.0 Å². The summed E-state index contributed by atoms with van der Waals surface area (Å²) in [4.78, 5) is 72.7. The summed E-state index contributed by atoms with van der Waals surface area (Å²) in [5, 5.41) is 10.6. The summed E-state index contributed by atoms with van der Waals surface area (Å²) in [5.74, 6) is 0.244. The van der Waals surface area contributed by atoms with E-state index in [1.807, 2.05) is 0 Å². The van der Waals surface area contributed by atoms with Crippen LogP contribution in [0.1, 0.15) is 389 Å². The smallest absolute Gasteiger partial charge is 0.462 e. The predicted octanol–water partition coefficient (Wildman–Crippen LogP) is 22.2. The quantitative estimate of drug-likeness (QED) is 0.0222. The number of esters is 4. The van der Waals surface area contributed by atoms with Gasteiger partial charge in [-0.2, -0.15) is 0 Å². The van der Waals surface area contributed by atoms with Gasteiger partial charge in [-0.25, -0.2) is 9.13 Å². The van der Waals surface area contributed by atoms with Crippen molar-refractivity contribution in [2.24, 2.45) is 17.8 Å². The van der Waals surface area contributed by atoms with Gasteiger partial charge in [0.05, 0.1) is 26.4 Å². The van der Waals surface area contributed by atoms with Crippen molar-refractivity contribution in [3.05, 3.63) is 0 Å². The third-order valence-electron chi connectivity index (χ3n) is 18.0. The van der Waals surface area contributed by atoms with Gasteiger partial charge in [0, 0.05) is 25.7 Å². The topological polar surface area (TPSA) is 237 Å². The maximum absolute atomic E-state index is 13.1. The lowest BCUT2D eigenvalue weighted by Gasteiger charge is -2.21. The standard InChI is InChI=1S/C76H148O17P2/c1-8-10-11-12-13-36-43-50-57-73(78)86-63-71(93-76(81)60-53-46-39-32-26-28-34-41-48-55-68(5)6)65-90-94(82,83)88-61-70(77)62-89-95(84,85)91-66-72(64-87-74(79)58-51-44-37-30-25-24-27-33-40-47-54-67(3)4)92-75(80)59-52-45-38-31-23-21-19-17-15-14-16-18-20-22-29-35-42-49-56-69(7)9-2/h67-72,77H,8-66H2,1-7H3,(H,82,83)(H,84,85)/t69?,70-,71+,72+/m0/s1. The van der Waals surface area contributed by atoms with E-state index in [1.54, 1.807) is 0 Å². The monoisotopic (exact) mass is 1400 g/mol. The molecule has 0 heterocycles. The molecule has 0 radical (unpaired) electrons. The molecular formula is C76H148O17P2. The molecule has 3 N–H and O–H groups in total. The van der Waals surface area contributed by atoms with E-state index < -0.39 is 97.5 Å². The van der Waals surface area contributed by atoms with Gasteiger partial charge < -0.3 is 33.8 Å². The Bertz CT molecular complexity index is 1850. The van der Waals surface area contributed by atoms with Gasteiger partial charge in [-0.05, 0) is 43.4 Å². The molecule has 0 aliphatic carbocycles. The van der Waals surface area contributed by atoms with Crippen molar-refractivity contribution < 1.29 is 80.2 Å². The zero-order valence-corrected chi connectivity index (χ0v) is 63.9. The molecule has 3 unspecified atom stereocenters. The highest BCUT2D eigenvalue weighted by molar-refractivity contribution is 7.47. The Morgan fingerprint density at radius 1 is 0.305 bits per heavy atom. The van der Waals surface area contributed by atoms with Crippen LogP contribution in [0.2, 0.25) is 0 Å². The van der Waals surface area contributed by atoms with Crippen molar-refractivity contribution in [3.8, 4) is 0 Å². The van der Waals surface area contributed by atoms with Crippen LogP contribution in [0.25, 0.3) is 0 Å². The van der Waals surface area contributed by atoms with Gasteiger partial charge in [-0.1, -0.05) is 337 Å². The second-order valence-electron chi connectivity index (χ2n) is 28.6. The zero-order chi connectivity index (χ0) is 70.1. The molecule has 0 aliphatic heterocycles. The van der Waals surface area contributed by atoms with Crippen LogP contribution in [0.5, 0.6) is 0 Å². The minimum Gasteiger partial charge on any atom is -0.462 e. The van der Waals surface area contributed by atoms with Crippen LogP contribution in [0, 0.1) is 17.8 Å². The molecule has 0 saturated heterocycles. The zero-order valence-electron chi connectivity index (χ0n) is 62.1. The Kier molecular flexibility index (Phi) is 65.2. The first-order valence-corrected chi connectivity index (χ1v) is 42.4. The largest absolute Gasteiger partial charge is 0.472 e. The van der Waals surface area contributed by atoms with E-state index in [9.17, 15) is 43.2 Å². The van der Waals surface area contributed by atoms with E-state index in [0.717, 1.165) is 114 Å². The summed E-state index contributed by atoms with van der Waals surface area (Å²) >= 11 is 0. The summed E-state index contributed by atoms with van der Waals surface area (Å²) in [5.41, 5.74) is 0. The lowest BCUT2D eigenvalue weighted by atomic mass is 9.99. The molecule has 0 aliphatic rings. The number of aliphatic hydroxyl groups excluding tert-OH is 1. The number of unbranched alkanes of at least 4 members (excludes halogenated alkanes) is 41. The number of rotatable bonds is 74. The SMILES string of the molecule is CCCCCCCCCCC(=O)OC[C@H](COP(=O)(O)OC[C@H](O)COP(=O)(O)OC[C@@H](COC(=O)CCCCCCCCCCCCC(C)C)OC(=O)CCCCCCCCCCCCCCCCCCCCC(C)CC)OC(=O)CCCCCCCCCCCC(C)C. The first kappa shape index (κ1) is 93.1. The van der Waals surface area contributed by atoms with E-state index in [-0.39, 0.29) is 25.7 Å². The molecule has 0 rings (SSSR count). The van der Waals surface area contributed by atoms with E-state index in [0.29, 0.717) is 25.7 Å². The fourth-order valence-electron chi connectivity index (χ4n) is 11.6. The Balaban J connectivity index is 5.17. The first-order valence-electron chi connectivity index (χ1n) is 39.4. The summed E-state index contributed by atoms with van der Waals surface area (Å²) < 4.78 is 68.4. The second kappa shape index (κ2) is 66.6. The molecule has 17 nitrogen and oxygen atoms in total. The summed E-state index contributed by atoms with van der Waals surface area (Å²) in [6, 6.07) is 0. The average molecular weight is 1400 g/mol. The van der Waals surface area contributed by atoms with Gasteiger partial charge in [0.1, 0.15) is 19.3 Å². The van der Waals surface area contributed by atoms with Crippen molar-refractivity contribution >= 4 is 39.5 Å². The van der Waals surface area contributed by atoms with Gasteiger partial charge in [0.2, 0.25) is 0 Å². The van der Waals surface area contributed by atoms with Crippen LogP contribution in [0.3, 0.4) is 0 Å². The Morgan fingerprint density at radius 2 is 0.537 bits per heavy atom. The number of carbonyl (C=O) groups is 4. The molecule has 0 amide bonds. The number of carbonyl (C=O) groups excluding carboxylic acids is 4. The van der Waals surface area contributed by atoms with E-state index in [2.05, 4.69) is 48.5 Å². The Hall–Kier alpha value is -1.94. The highest BCUT2D eigenvalue weighted by Gasteiger charge is 2.30. The third kappa shape index (κ3) is 69.0. The normalized spacial score (nSPS) is 14.4. The Labute approximate surface area is 581 Å². The molecule has 0 aromatic rings. The number of aliphatic hydroxyl groups is 1. The molecule has 564 valence electrons. The first-order chi connectivity index (χ1) is 45.8. The maximum Gasteiger partial charge on any atom is 0.472 e. The van der Waals surface area contributed by atoms with Gasteiger partial charge in [-0.15, -0.1) is 0 Å². The van der Waals surface area contributed by atoms with Crippen molar-refractivity contribution in [2.45, 2.75) is 407 Å². The van der Waals surface area contributed by atoms with Crippen LogP contribution in [0.4, 0.5) is 0 Å². The summed E-state index contributed by atoms with van der Waals surface area (Å²) in [6.07, 6.45) is 52.9. The minimum absolute atomic E-state index is 0.105. The van der Waals surface area contributed by atoms with Gasteiger partial charge in [-0.3, -0.25) is 37.3 Å². The maximum atomic E-state index is 13.1. The highest BCUT2D eigenvalue weighted by Crippen LogP contribution is 2.45. The van der Waals surface area contributed by atoms with Crippen molar-refractivity contribution in [2.75, 3.05) is 39.6 Å². The van der Waals surface area contributed by atoms with Crippen LogP contribution >= 0.6 is 15.6 Å². The Morgan fingerprint density at radius 3 is 0.800 bits per heavy atom. The van der Waals surface area contributed by atoms with Crippen LogP contribution < -0.4 is 0 Å². The van der Waals surface area contributed by atoms with Crippen molar-refractivity contribution in [1.82, 2.24) is 0 Å². The molecular weight excluding hydrogens is 1250 g/mol. The summed E-state index contributed by atoms with van der Waals surface area (Å²) in [6.45, 7) is 11.9. The number of hydrogen-bond donors (Lipinski definition) is 3. The lowest BCUT2D eigenvalue weighted by Crippen LogP contribution is -2.30. The highest BCUT2D eigenvalue weighted by atomic mass is 31.2. The van der Waals surface area contributed by atoms with E-state index >= 15 is 0 Å². The number of phosphoric ester groups is 2.